The molecule has 3 nitrogen and oxygen atoms in total. The number of amides is 1. The lowest BCUT2D eigenvalue weighted by Gasteiger charge is -2.13. The Balaban J connectivity index is 2.59. The second-order valence-corrected chi connectivity index (χ2v) is 3.48. The molecule has 0 N–H and O–H groups in total. The van der Waals surface area contributed by atoms with Gasteiger partial charge >= 0.3 is 0 Å². The molecule has 1 aromatic carbocycles. The Kier molecular flexibility index (Phi) is 4.41. The molecule has 0 saturated heterocycles. The summed E-state index contributed by atoms with van der Waals surface area (Å²) in [6.07, 6.45) is 5.50. The van der Waals surface area contributed by atoms with Crippen molar-refractivity contribution in [2.24, 2.45) is 0 Å². The fourth-order valence-electron chi connectivity index (χ4n) is 1.28. The van der Waals surface area contributed by atoms with Gasteiger partial charge in [0, 0.05) is 7.05 Å². The fourth-order valence-corrected chi connectivity index (χ4v) is 1.28. The van der Waals surface area contributed by atoms with Crippen molar-refractivity contribution in [2.45, 2.75) is 6.42 Å². The van der Waals surface area contributed by atoms with E-state index < -0.39 is 0 Å². The van der Waals surface area contributed by atoms with Gasteiger partial charge in [-0.05, 0) is 17.7 Å². The number of methoxy groups -OCH3 is 1. The number of rotatable bonds is 4. The van der Waals surface area contributed by atoms with Crippen molar-refractivity contribution in [3.8, 4) is 18.1 Å². The molecule has 84 valence electrons. The van der Waals surface area contributed by atoms with Gasteiger partial charge in [-0.2, -0.15) is 0 Å². The molecule has 3 heteroatoms. The van der Waals surface area contributed by atoms with Crippen LogP contribution in [0.15, 0.2) is 24.3 Å². The minimum atomic E-state index is 0.0168. The molecule has 0 aliphatic carbocycles. The standard InChI is InChI=1S/C13H15NO2/c1-4-9-14(2)13(15)10-11-5-7-12(16-3)8-6-11/h1,5-8H,9-10H2,2-3H3. The van der Waals surface area contributed by atoms with E-state index in [9.17, 15) is 4.79 Å². The van der Waals surface area contributed by atoms with E-state index in [0.717, 1.165) is 11.3 Å². The van der Waals surface area contributed by atoms with E-state index in [1.807, 2.05) is 24.3 Å². The minimum Gasteiger partial charge on any atom is -0.497 e. The fraction of sp³-hybridized carbons (Fsp3) is 0.308. The molecule has 1 aromatic rings. The van der Waals surface area contributed by atoms with Crippen molar-refractivity contribution in [3.63, 3.8) is 0 Å². The van der Waals surface area contributed by atoms with Crippen molar-refractivity contribution in [2.75, 3.05) is 20.7 Å². The number of benzene rings is 1. The molecular formula is C13H15NO2. The molecule has 1 amide bonds. The number of terminal acetylenes is 1. The Morgan fingerprint density at radius 2 is 2.06 bits per heavy atom. The zero-order valence-corrected chi connectivity index (χ0v) is 9.56. The molecular weight excluding hydrogens is 202 g/mol. The van der Waals surface area contributed by atoms with E-state index in [2.05, 4.69) is 5.92 Å². The Morgan fingerprint density at radius 1 is 1.44 bits per heavy atom. The van der Waals surface area contributed by atoms with E-state index in [-0.39, 0.29) is 5.91 Å². The first-order valence-corrected chi connectivity index (χ1v) is 4.97. The highest BCUT2D eigenvalue weighted by atomic mass is 16.5. The number of hydrogen-bond acceptors (Lipinski definition) is 2. The third kappa shape index (κ3) is 3.32. The molecule has 0 saturated carbocycles. The molecule has 0 unspecified atom stereocenters. The quantitative estimate of drug-likeness (QED) is 0.712. The summed E-state index contributed by atoms with van der Waals surface area (Å²) in [5.74, 6) is 3.24. The summed E-state index contributed by atoms with van der Waals surface area (Å²) in [5, 5.41) is 0. The van der Waals surface area contributed by atoms with Crippen LogP contribution in [0.5, 0.6) is 5.75 Å². The zero-order valence-electron chi connectivity index (χ0n) is 9.56. The molecule has 0 radical (unpaired) electrons. The van der Waals surface area contributed by atoms with Gasteiger partial charge in [0.1, 0.15) is 5.75 Å². The number of likely N-dealkylation sites (N-methyl/N-ethyl adjacent to an activating group) is 1. The van der Waals surface area contributed by atoms with Gasteiger partial charge in [-0.25, -0.2) is 0 Å². The second kappa shape index (κ2) is 5.82. The summed E-state index contributed by atoms with van der Waals surface area (Å²) in [6.45, 7) is 0.342. The molecule has 0 fully saturated rings. The summed E-state index contributed by atoms with van der Waals surface area (Å²) in [7, 11) is 3.31. The van der Waals surface area contributed by atoms with Crippen LogP contribution in [0.4, 0.5) is 0 Å². The molecule has 0 heterocycles. The molecule has 0 bridgehead atoms. The first-order valence-electron chi connectivity index (χ1n) is 4.97. The van der Waals surface area contributed by atoms with Gasteiger partial charge in [0.25, 0.3) is 0 Å². The van der Waals surface area contributed by atoms with Gasteiger partial charge in [-0.1, -0.05) is 18.1 Å². The van der Waals surface area contributed by atoms with E-state index in [1.165, 1.54) is 4.90 Å². The maximum absolute atomic E-state index is 11.7. The molecule has 0 aromatic heterocycles. The Hall–Kier alpha value is -1.95. The van der Waals surface area contributed by atoms with Gasteiger partial charge in [0.2, 0.25) is 5.91 Å². The Labute approximate surface area is 96.0 Å². The normalized spacial score (nSPS) is 9.31. The lowest BCUT2D eigenvalue weighted by molar-refractivity contribution is -0.128. The average Bonchev–Trinajstić information content (AvgIpc) is 2.30. The van der Waals surface area contributed by atoms with Crippen LogP contribution in [0.3, 0.4) is 0 Å². The maximum atomic E-state index is 11.7. The van der Waals surface area contributed by atoms with E-state index in [4.69, 9.17) is 11.2 Å². The van der Waals surface area contributed by atoms with E-state index >= 15 is 0 Å². The first kappa shape index (κ1) is 12.1. The highest BCUT2D eigenvalue weighted by Gasteiger charge is 2.08. The number of carbonyl (C=O) groups excluding carboxylic acids is 1. The van der Waals surface area contributed by atoms with Gasteiger partial charge in [0.05, 0.1) is 20.1 Å². The third-order valence-electron chi connectivity index (χ3n) is 2.27. The van der Waals surface area contributed by atoms with Crippen LogP contribution in [0.25, 0.3) is 0 Å². The summed E-state index contributed by atoms with van der Waals surface area (Å²) >= 11 is 0. The van der Waals surface area contributed by atoms with E-state index in [0.29, 0.717) is 13.0 Å². The average molecular weight is 217 g/mol. The lowest BCUT2D eigenvalue weighted by Crippen LogP contribution is -2.28. The predicted octanol–water partition coefficient (Wildman–Crippen LogP) is 1.33. The van der Waals surface area contributed by atoms with Crippen molar-refractivity contribution in [3.05, 3.63) is 29.8 Å². The van der Waals surface area contributed by atoms with Crippen LogP contribution in [-0.4, -0.2) is 31.5 Å². The van der Waals surface area contributed by atoms with Crippen molar-refractivity contribution in [1.29, 1.82) is 0 Å². The first-order chi connectivity index (χ1) is 7.67. The largest absolute Gasteiger partial charge is 0.497 e. The van der Waals surface area contributed by atoms with Crippen molar-refractivity contribution < 1.29 is 9.53 Å². The van der Waals surface area contributed by atoms with Crippen LogP contribution in [0.2, 0.25) is 0 Å². The summed E-state index contributed by atoms with van der Waals surface area (Å²) in [6, 6.07) is 7.43. The van der Waals surface area contributed by atoms with Crippen LogP contribution in [0.1, 0.15) is 5.56 Å². The number of ether oxygens (including phenoxy) is 1. The number of nitrogens with zero attached hydrogens (tertiary/aromatic N) is 1. The second-order valence-electron chi connectivity index (χ2n) is 3.48. The predicted molar refractivity (Wildman–Crippen MR) is 63.2 cm³/mol. The highest BCUT2D eigenvalue weighted by Crippen LogP contribution is 2.12. The van der Waals surface area contributed by atoms with Gasteiger partial charge in [0.15, 0.2) is 0 Å². The van der Waals surface area contributed by atoms with Crippen LogP contribution >= 0.6 is 0 Å². The minimum absolute atomic E-state index is 0.0168. The molecule has 0 spiro atoms. The third-order valence-corrected chi connectivity index (χ3v) is 2.27. The number of carbonyl (C=O) groups is 1. The van der Waals surface area contributed by atoms with Crippen LogP contribution in [-0.2, 0) is 11.2 Å². The molecule has 0 atom stereocenters. The molecule has 0 aliphatic rings. The Bertz CT molecular complexity index is 389. The van der Waals surface area contributed by atoms with Crippen molar-refractivity contribution in [1.82, 2.24) is 4.90 Å². The molecule has 1 rings (SSSR count). The van der Waals surface area contributed by atoms with Crippen molar-refractivity contribution >= 4 is 5.91 Å². The monoisotopic (exact) mass is 217 g/mol. The van der Waals surface area contributed by atoms with Gasteiger partial charge in [-0.15, -0.1) is 6.42 Å². The SMILES string of the molecule is C#CCN(C)C(=O)Cc1ccc(OC)cc1. The smallest absolute Gasteiger partial charge is 0.227 e. The van der Waals surface area contributed by atoms with Crippen LogP contribution in [0, 0.1) is 12.3 Å². The Morgan fingerprint density at radius 3 is 2.56 bits per heavy atom. The lowest BCUT2D eigenvalue weighted by atomic mass is 10.1. The van der Waals surface area contributed by atoms with E-state index in [1.54, 1.807) is 14.2 Å². The summed E-state index contributed by atoms with van der Waals surface area (Å²) in [4.78, 5) is 13.2. The summed E-state index contributed by atoms with van der Waals surface area (Å²) < 4.78 is 5.04. The van der Waals surface area contributed by atoms with Gasteiger partial charge < -0.3 is 9.64 Å². The molecule has 16 heavy (non-hydrogen) atoms. The maximum Gasteiger partial charge on any atom is 0.227 e. The van der Waals surface area contributed by atoms with Gasteiger partial charge in [-0.3, -0.25) is 4.79 Å². The number of hydrogen-bond donors (Lipinski definition) is 0. The topological polar surface area (TPSA) is 29.5 Å². The zero-order chi connectivity index (χ0) is 12.0. The molecule has 0 aliphatic heterocycles. The summed E-state index contributed by atoms with van der Waals surface area (Å²) in [5.41, 5.74) is 0.953. The highest BCUT2D eigenvalue weighted by molar-refractivity contribution is 5.78. The van der Waals surface area contributed by atoms with Crippen LogP contribution < -0.4 is 4.74 Å².